The molecule has 5 rings (SSSR count). The van der Waals surface area contributed by atoms with Crippen LogP contribution in [0.1, 0.15) is 49.3 Å². The number of aliphatic hydroxyl groups is 1. The summed E-state index contributed by atoms with van der Waals surface area (Å²) in [6, 6.07) is 23.0. The minimum absolute atomic E-state index is 0.0442. The van der Waals surface area contributed by atoms with Crippen LogP contribution in [0.5, 0.6) is 5.75 Å². The second-order valence-electron chi connectivity index (χ2n) is 10.5. The maximum Gasteiger partial charge on any atom is 0.254 e. The minimum atomic E-state index is -3.71. The first-order valence-electron chi connectivity index (χ1n) is 14.3. The number of rotatable bonds is 11. The molecule has 222 valence electrons. The van der Waals surface area contributed by atoms with Crippen molar-refractivity contribution in [2.24, 2.45) is 4.99 Å². The summed E-state index contributed by atoms with van der Waals surface area (Å²) in [6.07, 6.45) is 2.46. The van der Waals surface area contributed by atoms with Crippen molar-refractivity contribution in [3.63, 3.8) is 0 Å². The van der Waals surface area contributed by atoms with E-state index in [1.54, 1.807) is 42.5 Å². The number of piperidine rings is 1. The lowest BCUT2D eigenvalue weighted by molar-refractivity contribution is -0.140. The van der Waals surface area contributed by atoms with Crippen LogP contribution in [0.4, 0.5) is 0 Å². The highest BCUT2D eigenvalue weighted by atomic mass is 79.9. The molecule has 8 nitrogen and oxygen atoms in total. The van der Waals surface area contributed by atoms with Crippen molar-refractivity contribution in [1.29, 1.82) is 0 Å². The van der Waals surface area contributed by atoms with Crippen LogP contribution < -0.4 is 4.74 Å². The number of halogens is 1. The van der Waals surface area contributed by atoms with Gasteiger partial charge < -0.3 is 19.5 Å². The van der Waals surface area contributed by atoms with Crippen LogP contribution in [-0.2, 0) is 19.4 Å². The topological polar surface area (TPSA) is 106 Å². The van der Waals surface area contributed by atoms with E-state index in [1.165, 1.54) is 0 Å². The number of benzene rings is 3. The number of carbonyl (C=O) groups excluding carboxylic acids is 1. The summed E-state index contributed by atoms with van der Waals surface area (Å²) in [5.74, 6) is 0.429. The van der Waals surface area contributed by atoms with Crippen LogP contribution in [0, 0.1) is 0 Å². The van der Waals surface area contributed by atoms with Gasteiger partial charge in [0.15, 0.2) is 21.5 Å². The molecule has 1 fully saturated rings. The van der Waals surface area contributed by atoms with Gasteiger partial charge >= 0.3 is 0 Å². The molecule has 0 saturated carbocycles. The molecule has 0 radical (unpaired) electrons. The zero-order chi connectivity index (χ0) is 29.6. The monoisotopic (exact) mass is 654 g/mol. The van der Waals surface area contributed by atoms with Gasteiger partial charge in [-0.05, 0) is 61.7 Å². The summed E-state index contributed by atoms with van der Waals surface area (Å²) >= 11 is 3.64. The predicted octanol–water partition coefficient (Wildman–Crippen LogP) is 5.34. The third kappa shape index (κ3) is 6.55. The van der Waals surface area contributed by atoms with Crippen molar-refractivity contribution in [3.05, 3.63) is 94.5 Å². The number of aliphatic imine (C=N–C) groups is 1. The fraction of sp³-hybridized carbons (Fsp3) is 0.375. The van der Waals surface area contributed by atoms with E-state index in [9.17, 15) is 13.2 Å². The quantitative estimate of drug-likeness (QED) is 0.280. The van der Waals surface area contributed by atoms with Crippen LogP contribution in [0.15, 0.2) is 93.2 Å². The van der Waals surface area contributed by atoms with Gasteiger partial charge in [0, 0.05) is 48.1 Å². The number of ether oxygens (including phenoxy) is 2. The molecule has 3 aromatic rings. The van der Waals surface area contributed by atoms with Crippen molar-refractivity contribution in [3.8, 4) is 5.75 Å². The summed E-state index contributed by atoms with van der Waals surface area (Å²) in [4.78, 5) is 21.6. The largest absolute Gasteiger partial charge is 0.494 e. The molecule has 42 heavy (non-hydrogen) atoms. The summed E-state index contributed by atoms with van der Waals surface area (Å²) in [7, 11) is -3.71. The lowest BCUT2D eigenvalue weighted by Gasteiger charge is -2.37. The SMILES string of the molecule is O=C(N1CCCCC1)[C@]1(CCS(=O)(=O)c2ccccc2)N=C(c2ccc(OCCCO)cc2)O[C@@H]1c1ccccc1Br. The standard InChI is InChI=1S/C32H35BrN2O6S/c33-28-13-6-5-12-27(28)29-32(31(37)35-19-7-2-8-20-35,18-23-42(38,39)26-10-3-1-4-11-26)34-30(41-29)24-14-16-25(17-15-24)40-22-9-21-36/h1,3-6,10-17,29,36H,2,7-9,18-23H2/t29-,32-/m1/s1. The Bertz CT molecular complexity index is 1510. The first kappa shape index (κ1) is 30.3. The van der Waals surface area contributed by atoms with Crippen LogP contribution in [-0.4, -0.2) is 67.8 Å². The Morgan fingerprint density at radius 2 is 1.69 bits per heavy atom. The average Bonchev–Trinajstić information content (AvgIpc) is 3.42. The molecule has 1 saturated heterocycles. The normalized spacial score (nSPS) is 20.6. The van der Waals surface area contributed by atoms with E-state index in [0.717, 1.165) is 29.3 Å². The maximum atomic E-state index is 14.5. The number of hydrogen-bond acceptors (Lipinski definition) is 7. The van der Waals surface area contributed by atoms with Crippen molar-refractivity contribution in [1.82, 2.24) is 4.90 Å². The van der Waals surface area contributed by atoms with E-state index in [0.29, 0.717) is 37.4 Å². The number of sulfone groups is 1. The number of likely N-dealkylation sites (tertiary alicyclic amines) is 1. The van der Waals surface area contributed by atoms with E-state index in [-0.39, 0.29) is 35.5 Å². The van der Waals surface area contributed by atoms with Crippen LogP contribution in [0.2, 0.25) is 0 Å². The van der Waals surface area contributed by atoms with Gasteiger partial charge in [0.1, 0.15) is 5.75 Å². The molecule has 2 heterocycles. The fourth-order valence-electron chi connectivity index (χ4n) is 5.42. The third-order valence-electron chi connectivity index (χ3n) is 7.69. The van der Waals surface area contributed by atoms with Gasteiger partial charge in [-0.15, -0.1) is 0 Å². The Hall–Kier alpha value is -3.21. The second-order valence-corrected chi connectivity index (χ2v) is 13.5. The van der Waals surface area contributed by atoms with Crippen molar-refractivity contribution in [2.75, 3.05) is 32.1 Å². The Balaban J connectivity index is 1.57. The van der Waals surface area contributed by atoms with E-state index >= 15 is 0 Å². The Morgan fingerprint density at radius 1 is 1.00 bits per heavy atom. The molecule has 2 aliphatic heterocycles. The molecule has 0 aromatic heterocycles. The molecular formula is C32H35BrN2O6S. The number of amides is 1. The van der Waals surface area contributed by atoms with Gasteiger partial charge in [-0.25, -0.2) is 13.4 Å². The molecule has 3 aromatic carbocycles. The zero-order valence-corrected chi connectivity index (χ0v) is 25.7. The highest BCUT2D eigenvalue weighted by molar-refractivity contribution is 9.10. The summed E-state index contributed by atoms with van der Waals surface area (Å²) < 4.78 is 39.9. The van der Waals surface area contributed by atoms with Crippen LogP contribution >= 0.6 is 15.9 Å². The van der Waals surface area contributed by atoms with Gasteiger partial charge in [0.25, 0.3) is 5.91 Å². The molecule has 10 heteroatoms. The smallest absolute Gasteiger partial charge is 0.254 e. The van der Waals surface area contributed by atoms with Gasteiger partial charge in [0.2, 0.25) is 5.90 Å². The zero-order valence-electron chi connectivity index (χ0n) is 23.3. The lowest BCUT2D eigenvalue weighted by Crippen LogP contribution is -2.52. The highest BCUT2D eigenvalue weighted by Crippen LogP contribution is 2.46. The molecule has 1 N–H and O–H groups in total. The Kier molecular flexibility index (Phi) is 9.65. The number of carbonyl (C=O) groups is 1. The molecule has 2 aliphatic rings. The summed E-state index contributed by atoms with van der Waals surface area (Å²) in [5.41, 5.74) is -0.113. The van der Waals surface area contributed by atoms with E-state index < -0.39 is 21.5 Å². The maximum absolute atomic E-state index is 14.5. The molecule has 0 aliphatic carbocycles. The van der Waals surface area contributed by atoms with Crippen LogP contribution in [0.25, 0.3) is 0 Å². The highest BCUT2D eigenvalue weighted by Gasteiger charge is 2.55. The average molecular weight is 656 g/mol. The lowest BCUT2D eigenvalue weighted by atomic mass is 9.84. The second kappa shape index (κ2) is 13.4. The Labute approximate surface area is 255 Å². The van der Waals surface area contributed by atoms with E-state index in [1.807, 2.05) is 41.3 Å². The predicted molar refractivity (Wildman–Crippen MR) is 164 cm³/mol. The van der Waals surface area contributed by atoms with E-state index in [4.69, 9.17) is 19.6 Å². The summed E-state index contributed by atoms with van der Waals surface area (Å²) in [5, 5.41) is 9.03. The third-order valence-corrected chi connectivity index (χ3v) is 10.1. The Morgan fingerprint density at radius 3 is 2.38 bits per heavy atom. The van der Waals surface area contributed by atoms with E-state index in [2.05, 4.69) is 15.9 Å². The number of aliphatic hydroxyl groups excluding tert-OH is 1. The molecular weight excluding hydrogens is 620 g/mol. The first-order chi connectivity index (χ1) is 20.3. The minimum Gasteiger partial charge on any atom is -0.494 e. The first-order valence-corrected chi connectivity index (χ1v) is 16.7. The van der Waals surface area contributed by atoms with Gasteiger partial charge in [-0.3, -0.25) is 4.79 Å². The van der Waals surface area contributed by atoms with Gasteiger partial charge in [-0.1, -0.05) is 52.3 Å². The van der Waals surface area contributed by atoms with Crippen molar-refractivity contribution < 1.29 is 27.8 Å². The van der Waals surface area contributed by atoms with Gasteiger partial charge in [-0.2, -0.15) is 0 Å². The molecule has 2 atom stereocenters. The van der Waals surface area contributed by atoms with Crippen molar-refractivity contribution in [2.45, 2.75) is 48.6 Å². The molecule has 0 unspecified atom stereocenters. The molecule has 0 spiro atoms. The van der Waals surface area contributed by atoms with Crippen molar-refractivity contribution >= 4 is 37.6 Å². The van der Waals surface area contributed by atoms with Crippen LogP contribution in [0.3, 0.4) is 0 Å². The fourth-order valence-corrected chi connectivity index (χ4v) is 7.31. The van der Waals surface area contributed by atoms with Gasteiger partial charge in [0.05, 0.1) is 17.3 Å². The number of nitrogens with zero attached hydrogens (tertiary/aromatic N) is 2. The molecule has 1 amide bonds. The summed E-state index contributed by atoms with van der Waals surface area (Å²) in [6.45, 7) is 1.63. The number of hydrogen-bond donors (Lipinski definition) is 1. The molecule has 0 bridgehead atoms.